The zero-order valence-electron chi connectivity index (χ0n) is 10.3. The smallest absolute Gasteiger partial charge is 0.321 e. The van der Waals surface area contributed by atoms with Crippen molar-refractivity contribution in [1.29, 1.82) is 0 Å². The molecule has 96 valence electrons. The fourth-order valence-electron chi connectivity index (χ4n) is 2.90. The quantitative estimate of drug-likeness (QED) is 0.723. The van der Waals surface area contributed by atoms with Crippen molar-refractivity contribution in [2.45, 2.75) is 31.7 Å². The zero-order valence-corrected chi connectivity index (χ0v) is 10.3. The molecule has 1 heterocycles. The fourth-order valence-corrected chi connectivity index (χ4v) is 2.90. The molecule has 0 saturated carbocycles. The van der Waals surface area contributed by atoms with E-state index in [0.29, 0.717) is 0 Å². The van der Waals surface area contributed by atoms with Gasteiger partial charge in [0.1, 0.15) is 6.04 Å². The van der Waals surface area contributed by atoms with E-state index in [1.165, 1.54) is 0 Å². The molecule has 1 saturated heterocycles. The zero-order chi connectivity index (χ0) is 12.1. The van der Waals surface area contributed by atoms with Gasteiger partial charge in [0.05, 0.1) is 0 Å². The van der Waals surface area contributed by atoms with Crippen LogP contribution in [0.4, 0.5) is 0 Å². The number of carbonyl (C=O) groups is 1. The Morgan fingerprint density at radius 3 is 2.94 bits per heavy atom. The molecule has 0 spiro atoms. The Bertz CT molecular complexity index is 283. The Hall–Kier alpha value is -0.870. The van der Waals surface area contributed by atoms with Crippen LogP contribution in [-0.4, -0.2) is 48.2 Å². The lowest BCUT2D eigenvalue weighted by atomic mass is 9.86. The fraction of sp³-hybridized carbons (Fsp3) is 0.769. The first-order valence-corrected chi connectivity index (χ1v) is 6.61. The summed E-state index contributed by atoms with van der Waals surface area (Å²) >= 11 is 0. The van der Waals surface area contributed by atoms with Gasteiger partial charge in [-0.1, -0.05) is 12.2 Å². The van der Waals surface area contributed by atoms with Gasteiger partial charge >= 0.3 is 5.97 Å². The van der Waals surface area contributed by atoms with Crippen LogP contribution in [0.25, 0.3) is 0 Å². The molecular weight excluding hydrogens is 216 g/mol. The number of hydrogen-bond acceptors (Lipinski definition) is 3. The summed E-state index contributed by atoms with van der Waals surface area (Å²) in [5.74, 6) is -0.359. The molecule has 2 unspecified atom stereocenters. The Morgan fingerprint density at radius 2 is 2.24 bits per heavy atom. The van der Waals surface area contributed by atoms with Gasteiger partial charge in [-0.2, -0.15) is 0 Å². The SMILES string of the molecule is O=C(O)C(C1CC=CCC1)N1CCCNCC1. The summed E-state index contributed by atoms with van der Waals surface area (Å²) in [5.41, 5.74) is 0. The van der Waals surface area contributed by atoms with Crippen molar-refractivity contribution in [1.82, 2.24) is 10.2 Å². The van der Waals surface area contributed by atoms with Crippen molar-refractivity contribution < 1.29 is 9.90 Å². The molecule has 0 bridgehead atoms. The molecule has 0 amide bonds. The average molecular weight is 238 g/mol. The van der Waals surface area contributed by atoms with Crippen molar-refractivity contribution >= 4 is 5.97 Å². The lowest BCUT2D eigenvalue weighted by Crippen LogP contribution is -2.47. The van der Waals surface area contributed by atoms with E-state index in [2.05, 4.69) is 22.4 Å². The Labute approximate surface area is 103 Å². The van der Waals surface area contributed by atoms with Gasteiger partial charge in [0.15, 0.2) is 0 Å². The van der Waals surface area contributed by atoms with Crippen LogP contribution < -0.4 is 5.32 Å². The number of hydrogen-bond donors (Lipinski definition) is 2. The normalized spacial score (nSPS) is 28.6. The Morgan fingerprint density at radius 1 is 1.35 bits per heavy atom. The number of nitrogens with zero attached hydrogens (tertiary/aromatic N) is 1. The number of carboxylic acid groups (broad SMARTS) is 1. The predicted molar refractivity (Wildman–Crippen MR) is 67.0 cm³/mol. The topological polar surface area (TPSA) is 52.6 Å². The molecule has 1 aliphatic heterocycles. The van der Waals surface area contributed by atoms with Gasteiger partial charge < -0.3 is 10.4 Å². The molecule has 2 aliphatic rings. The van der Waals surface area contributed by atoms with Crippen molar-refractivity contribution in [3.8, 4) is 0 Å². The molecule has 17 heavy (non-hydrogen) atoms. The van der Waals surface area contributed by atoms with Crippen LogP contribution in [0.3, 0.4) is 0 Å². The predicted octanol–water partition coefficient (Wildman–Crippen LogP) is 1.09. The van der Waals surface area contributed by atoms with E-state index < -0.39 is 5.97 Å². The number of carboxylic acids is 1. The highest BCUT2D eigenvalue weighted by Gasteiger charge is 2.33. The van der Waals surface area contributed by atoms with Crippen LogP contribution in [0.1, 0.15) is 25.7 Å². The lowest BCUT2D eigenvalue weighted by molar-refractivity contribution is -0.145. The first-order chi connectivity index (χ1) is 8.29. The first-order valence-electron chi connectivity index (χ1n) is 6.61. The summed E-state index contributed by atoms with van der Waals surface area (Å²) in [6, 6.07) is -0.292. The Kier molecular flexibility index (Phi) is 4.57. The van der Waals surface area contributed by atoms with Crippen LogP contribution >= 0.6 is 0 Å². The average Bonchev–Trinajstić information content (AvgIpc) is 2.59. The lowest BCUT2D eigenvalue weighted by Gasteiger charge is -2.34. The molecule has 2 rings (SSSR count). The van der Waals surface area contributed by atoms with E-state index in [4.69, 9.17) is 0 Å². The van der Waals surface area contributed by atoms with Crippen LogP contribution in [-0.2, 0) is 4.79 Å². The highest BCUT2D eigenvalue weighted by Crippen LogP contribution is 2.25. The van der Waals surface area contributed by atoms with Gasteiger partial charge in [-0.05, 0) is 38.1 Å². The maximum Gasteiger partial charge on any atom is 0.321 e. The third kappa shape index (κ3) is 3.30. The molecule has 0 aromatic heterocycles. The summed E-state index contributed by atoms with van der Waals surface area (Å²) in [7, 11) is 0. The van der Waals surface area contributed by atoms with E-state index >= 15 is 0 Å². The van der Waals surface area contributed by atoms with Crippen LogP contribution in [0, 0.1) is 5.92 Å². The molecule has 4 nitrogen and oxygen atoms in total. The standard InChI is InChI=1S/C13H22N2O2/c16-13(17)12(11-5-2-1-3-6-11)15-9-4-7-14-8-10-15/h1-2,11-12,14H,3-10H2,(H,16,17). The second-order valence-corrected chi connectivity index (χ2v) is 4.97. The van der Waals surface area contributed by atoms with E-state index in [1.54, 1.807) is 0 Å². The summed E-state index contributed by atoms with van der Waals surface area (Å²) in [4.78, 5) is 13.7. The number of nitrogens with one attached hydrogen (secondary N) is 1. The summed E-state index contributed by atoms with van der Waals surface area (Å²) in [6.07, 6.45) is 8.31. The molecule has 0 radical (unpaired) electrons. The molecule has 0 aromatic rings. The molecular formula is C13H22N2O2. The van der Waals surface area contributed by atoms with E-state index in [9.17, 15) is 9.90 Å². The van der Waals surface area contributed by atoms with E-state index in [0.717, 1.165) is 51.9 Å². The molecule has 0 aromatic carbocycles. The van der Waals surface area contributed by atoms with Crippen LogP contribution in [0.15, 0.2) is 12.2 Å². The summed E-state index contributed by atoms with van der Waals surface area (Å²) in [5, 5.41) is 12.8. The van der Waals surface area contributed by atoms with Crippen molar-refractivity contribution in [2.75, 3.05) is 26.2 Å². The van der Waals surface area contributed by atoms with Gasteiger partial charge in [0.25, 0.3) is 0 Å². The van der Waals surface area contributed by atoms with E-state index in [1.807, 2.05) is 0 Å². The van der Waals surface area contributed by atoms with Crippen LogP contribution in [0.2, 0.25) is 0 Å². The number of allylic oxidation sites excluding steroid dienone is 2. The molecule has 2 N–H and O–H groups in total. The Balaban J connectivity index is 2.04. The van der Waals surface area contributed by atoms with Gasteiger partial charge in [-0.3, -0.25) is 9.69 Å². The minimum Gasteiger partial charge on any atom is -0.480 e. The van der Waals surface area contributed by atoms with Gasteiger partial charge in [-0.25, -0.2) is 0 Å². The third-order valence-corrected chi connectivity index (χ3v) is 3.78. The summed E-state index contributed by atoms with van der Waals surface area (Å²) < 4.78 is 0. The van der Waals surface area contributed by atoms with Crippen molar-refractivity contribution in [2.24, 2.45) is 5.92 Å². The highest BCUT2D eigenvalue weighted by molar-refractivity contribution is 5.74. The van der Waals surface area contributed by atoms with E-state index in [-0.39, 0.29) is 12.0 Å². The number of aliphatic carboxylic acids is 1. The largest absolute Gasteiger partial charge is 0.480 e. The van der Waals surface area contributed by atoms with Crippen molar-refractivity contribution in [3.63, 3.8) is 0 Å². The molecule has 1 aliphatic carbocycles. The molecule has 4 heteroatoms. The second-order valence-electron chi connectivity index (χ2n) is 4.97. The third-order valence-electron chi connectivity index (χ3n) is 3.78. The second kappa shape index (κ2) is 6.17. The van der Waals surface area contributed by atoms with Crippen LogP contribution in [0.5, 0.6) is 0 Å². The minimum atomic E-state index is -0.646. The van der Waals surface area contributed by atoms with Crippen molar-refractivity contribution in [3.05, 3.63) is 12.2 Å². The maximum atomic E-state index is 11.5. The maximum absolute atomic E-state index is 11.5. The summed E-state index contributed by atoms with van der Waals surface area (Å²) in [6.45, 7) is 3.68. The van der Waals surface area contributed by atoms with Gasteiger partial charge in [0.2, 0.25) is 0 Å². The molecule has 1 fully saturated rings. The number of rotatable bonds is 3. The van der Waals surface area contributed by atoms with Gasteiger partial charge in [-0.15, -0.1) is 0 Å². The molecule has 2 atom stereocenters. The first kappa shape index (κ1) is 12.6. The van der Waals surface area contributed by atoms with Gasteiger partial charge in [0, 0.05) is 19.6 Å². The minimum absolute atomic E-state index is 0.288. The highest BCUT2D eigenvalue weighted by atomic mass is 16.4. The monoisotopic (exact) mass is 238 g/mol.